The van der Waals surface area contributed by atoms with Crippen LogP contribution in [0.25, 0.3) is 0 Å². The zero-order valence-corrected chi connectivity index (χ0v) is 8.65. The Morgan fingerprint density at radius 3 is 2.44 bits per heavy atom. The van der Waals surface area contributed by atoms with Crippen LogP contribution in [0.1, 0.15) is 16.7 Å². The van der Waals surface area contributed by atoms with Gasteiger partial charge in [-0.3, -0.25) is 0 Å². The number of nitrogens with zero attached hydrogens (tertiary/aromatic N) is 1. The van der Waals surface area contributed by atoms with Crippen molar-refractivity contribution in [3.05, 3.63) is 34.9 Å². The van der Waals surface area contributed by atoms with Gasteiger partial charge in [0, 0.05) is 5.56 Å². The van der Waals surface area contributed by atoms with Crippen molar-refractivity contribution in [2.75, 3.05) is 5.88 Å². The Morgan fingerprint density at radius 2 is 1.94 bits per heavy atom. The molecule has 0 heterocycles. The van der Waals surface area contributed by atoms with Gasteiger partial charge in [0.05, 0.1) is 17.0 Å². The van der Waals surface area contributed by atoms with E-state index in [1.54, 1.807) is 6.07 Å². The molecule has 1 rings (SSSR count). The monoisotopic (exact) mass is 243 g/mol. The minimum absolute atomic E-state index is 0.0614. The molecule has 0 aliphatic carbocycles. The first kappa shape index (κ1) is 12.4. The quantitative estimate of drug-likeness (QED) is 0.507. The summed E-state index contributed by atoms with van der Waals surface area (Å²) in [6.07, 6.45) is -4.45. The Balaban J connectivity index is 3.24. The van der Waals surface area contributed by atoms with Crippen molar-refractivity contribution in [2.45, 2.75) is 6.18 Å². The first-order valence-corrected chi connectivity index (χ1v) is 4.68. The molecule has 0 fully saturated rings. The van der Waals surface area contributed by atoms with Crippen molar-refractivity contribution in [3.8, 4) is 17.9 Å². The first-order valence-electron chi connectivity index (χ1n) is 4.15. The molecule has 5 heteroatoms. The molecule has 0 amide bonds. The van der Waals surface area contributed by atoms with Crippen molar-refractivity contribution >= 4 is 11.6 Å². The number of hydrogen-bond acceptors (Lipinski definition) is 1. The molecular weight excluding hydrogens is 239 g/mol. The summed E-state index contributed by atoms with van der Waals surface area (Å²) in [5.74, 6) is 5.06. The van der Waals surface area contributed by atoms with Crippen molar-refractivity contribution in [1.82, 2.24) is 0 Å². The minimum atomic E-state index is -4.45. The first-order chi connectivity index (χ1) is 7.49. The summed E-state index contributed by atoms with van der Waals surface area (Å²) in [7, 11) is 0. The second-order valence-corrected chi connectivity index (χ2v) is 3.07. The number of nitriles is 1. The molecule has 0 N–H and O–H groups in total. The summed E-state index contributed by atoms with van der Waals surface area (Å²) in [6, 6.07) is 4.50. The van der Waals surface area contributed by atoms with E-state index in [0.29, 0.717) is 0 Å². The van der Waals surface area contributed by atoms with Crippen molar-refractivity contribution in [2.24, 2.45) is 0 Å². The van der Waals surface area contributed by atoms with Crippen LogP contribution in [0.5, 0.6) is 0 Å². The molecule has 0 aromatic heterocycles. The molecular formula is C11H5ClF3N. The Kier molecular flexibility index (Phi) is 3.82. The Morgan fingerprint density at radius 1 is 1.25 bits per heavy atom. The molecule has 0 saturated heterocycles. The molecule has 82 valence electrons. The summed E-state index contributed by atoms with van der Waals surface area (Å²) >= 11 is 5.31. The molecule has 1 aromatic carbocycles. The van der Waals surface area contributed by atoms with Gasteiger partial charge in [-0.05, 0) is 18.2 Å². The lowest BCUT2D eigenvalue weighted by Gasteiger charge is -2.06. The van der Waals surface area contributed by atoms with Crippen molar-refractivity contribution in [3.63, 3.8) is 0 Å². The summed E-state index contributed by atoms with van der Waals surface area (Å²) in [5, 5.41) is 8.69. The highest BCUT2D eigenvalue weighted by Crippen LogP contribution is 2.30. The smallest absolute Gasteiger partial charge is 0.192 e. The predicted molar refractivity (Wildman–Crippen MR) is 53.8 cm³/mol. The second-order valence-electron chi connectivity index (χ2n) is 2.81. The van der Waals surface area contributed by atoms with Crippen LogP contribution < -0.4 is 0 Å². The average Bonchev–Trinajstić information content (AvgIpc) is 2.24. The highest BCUT2D eigenvalue weighted by atomic mass is 35.5. The molecule has 1 nitrogen and oxygen atoms in total. The fourth-order valence-corrected chi connectivity index (χ4v) is 1.12. The lowest BCUT2D eigenvalue weighted by Crippen LogP contribution is -2.05. The third-order valence-corrected chi connectivity index (χ3v) is 1.89. The summed E-state index contributed by atoms with van der Waals surface area (Å²) in [4.78, 5) is 0. The van der Waals surface area contributed by atoms with E-state index in [9.17, 15) is 13.2 Å². The maximum Gasteiger partial charge on any atom is 0.416 e. The van der Waals surface area contributed by atoms with Gasteiger partial charge in [-0.15, -0.1) is 11.6 Å². The molecule has 0 bridgehead atoms. The maximum atomic E-state index is 12.3. The zero-order valence-electron chi connectivity index (χ0n) is 7.90. The Bertz CT molecular complexity index is 489. The second kappa shape index (κ2) is 4.92. The Hall–Kier alpha value is -1.65. The molecule has 0 aliphatic heterocycles. The van der Waals surface area contributed by atoms with Crippen LogP contribution in [0.4, 0.5) is 13.2 Å². The lowest BCUT2D eigenvalue weighted by atomic mass is 10.0. The van der Waals surface area contributed by atoms with Gasteiger partial charge in [0.2, 0.25) is 0 Å². The van der Waals surface area contributed by atoms with E-state index in [-0.39, 0.29) is 17.0 Å². The fourth-order valence-electron chi connectivity index (χ4n) is 1.05. The van der Waals surface area contributed by atoms with E-state index >= 15 is 0 Å². The zero-order chi connectivity index (χ0) is 12.2. The van der Waals surface area contributed by atoms with E-state index in [0.717, 1.165) is 12.1 Å². The highest BCUT2D eigenvalue weighted by molar-refractivity contribution is 6.19. The number of halogens is 4. The molecule has 16 heavy (non-hydrogen) atoms. The summed E-state index contributed by atoms with van der Waals surface area (Å²) < 4.78 is 37.0. The van der Waals surface area contributed by atoms with Crippen LogP contribution in [0.2, 0.25) is 0 Å². The molecule has 0 unspecified atom stereocenters. The van der Waals surface area contributed by atoms with Crippen molar-refractivity contribution in [1.29, 1.82) is 5.26 Å². The predicted octanol–water partition coefficient (Wildman–Crippen LogP) is 3.17. The number of benzene rings is 1. The number of hydrogen-bond donors (Lipinski definition) is 0. The van der Waals surface area contributed by atoms with Crippen molar-refractivity contribution < 1.29 is 13.2 Å². The summed E-state index contributed by atoms with van der Waals surface area (Å²) in [5.41, 5.74) is -0.718. The van der Waals surface area contributed by atoms with Crippen LogP contribution >= 0.6 is 11.6 Å². The largest absolute Gasteiger partial charge is 0.416 e. The fraction of sp³-hybridized carbons (Fsp3) is 0.182. The lowest BCUT2D eigenvalue weighted by molar-refractivity contribution is -0.137. The molecule has 0 radical (unpaired) electrons. The van der Waals surface area contributed by atoms with Crippen LogP contribution in [-0.2, 0) is 6.18 Å². The highest BCUT2D eigenvalue weighted by Gasteiger charge is 2.30. The topological polar surface area (TPSA) is 23.8 Å². The van der Waals surface area contributed by atoms with Crippen LogP contribution in [0.3, 0.4) is 0 Å². The van der Waals surface area contributed by atoms with Gasteiger partial charge in [-0.1, -0.05) is 11.8 Å². The number of alkyl halides is 4. The third kappa shape index (κ3) is 2.92. The van der Waals surface area contributed by atoms with E-state index in [4.69, 9.17) is 16.9 Å². The van der Waals surface area contributed by atoms with Gasteiger partial charge in [0.25, 0.3) is 0 Å². The minimum Gasteiger partial charge on any atom is -0.192 e. The van der Waals surface area contributed by atoms with Crippen LogP contribution in [-0.4, -0.2) is 5.88 Å². The van der Waals surface area contributed by atoms with Gasteiger partial charge in [-0.25, -0.2) is 0 Å². The van der Waals surface area contributed by atoms with Gasteiger partial charge in [-0.2, -0.15) is 18.4 Å². The van der Waals surface area contributed by atoms with Crippen LogP contribution in [0.15, 0.2) is 18.2 Å². The van der Waals surface area contributed by atoms with Gasteiger partial charge >= 0.3 is 6.18 Å². The standard InChI is InChI=1S/C11H5ClF3N/c12-5-1-2-8-3-4-10(11(13,14)15)6-9(8)7-16/h3-4,6H,5H2. The average molecular weight is 244 g/mol. The van der Waals surface area contributed by atoms with Gasteiger partial charge < -0.3 is 0 Å². The third-order valence-electron chi connectivity index (χ3n) is 1.76. The molecule has 1 aromatic rings. The summed E-state index contributed by atoms with van der Waals surface area (Å²) in [6.45, 7) is 0. The normalized spacial score (nSPS) is 10.2. The van der Waals surface area contributed by atoms with E-state index in [1.807, 2.05) is 0 Å². The molecule has 0 saturated carbocycles. The van der Waals surface area contributed by atoms with Gasteiger partial charge in [0.1, 0.15) is 6.07 Å². The maximum absolute atomic E-state index is 12.3. The van der Waals surface area contributed by atoms with E-state index < -0.39 is 11.7 Å². The number of rotatable bonds is 0. The Labute approximate surface area is 95.4 Å². The van der Waals surface area contributed by atoms with Gasteiger partial charge in [0.15, 0.2) is 0 Å². The van der Waals surface area contributed by atoms with Crippen LogP contribution in [0, 0.1) is 23.2 Å². The molecule has 0 aliphatic rings. The molecule has 0 atom stereocenters. The molecule has 0 spiro atoms. The van der Waals surface area contributed by atoms with E-state index in [2.05, 4.69) is 11.8 Å². The SMILES string of the molecule is N#Cc1cc(C(F)(F)F)ccc1C#CCCl. The van der Waals surface area contributed by atoms with E-state index in [1.165, 1.54) is 6.07 Å².